The Labute approximate surface area is 89.1 Å². The van der Waals surface area contributed by atoms with E-state index in [9.17, 15) is 0 Å². The molecule has 0 aliphatic heterocycles. The van der Waals surface area contributed by atoms with Crippen LogP contribution in [0.1, 0.15) is 28.9 Å². The predicted molar refractivity (Wildman–Crippen MR) is 57.8 cm³/mol. The number of nitrogens with one attached hydrogen (secondary N) is 1. The SMILES string of the molecule is CNC(c1coc(C)c1)c1ccc(C)o1. The molecule has 3 heteroatoms. The summed E-state index contributed by atoms with van der Waals surface area (Å²) in [6, 6.07) is 6.03. The van der Waals surface area contributed by atoms with Gasteiger partial charge in [0.05, 0.1) is 12.3 Å². The standard InChI is InChI=1S/C12H15NO2/c1-8-4-5-11(15-8)12(13-3)10-6-9(2)14-7-10/h4-7,12-13H,1-3H3. The zero-order valence-corrected chi connectivity index (χ0v) is 9.20. The van der Waals surface area contributed by atoms with Crippen LogP contribution in [-0.4, -0.2) is 7.05 Å². The van der Waals surface area contributed by atoms with Crippen molar-refractivity contribution in [2.45, 2.75) is 19.9 Å². The minimum absolute atomic E-state index is 0.0659. The zero-order chi connectivity index (χ0) is 10.8. The molecule has 0 saturated heterocycles. The molecule has 2 aromatic rings. The van der Waals surface area contributed by atoms with Crippen molar-refractivity contribution in [1.29, 1.82) is 0 Å². The van der Waals surface area contributed by atoms with Crippen LogP contribution >= 0.6 is 0 Å². The van der Waals surface area contributed by atoms with Crippen LogP contribution in [0.25, 0.3) is 0 Å². The van der Waals surface area contributed by atoms with Gasteiger partial charge in [-0.05, 0) is 39.1 Å². The molecule has 3 nitrogen and oxygen atoms in total. The summed E-state index contributed by atoms with van der Waals surface area (Å²) in [6.07, 6.45) is 1.76. The number of aryl methyl sites for hydroxylation is 2. The van der Waals surface area contributed by atoms with E-state index >= 15 is 0 Å². The van der Waals surface area contributed by atoms with Crippen molar-refractivity contribution >= 4 is 0 Å². The Kier molecular flexibility index (Phi) is 2.64. The number of hydrogen-bond acceptors (Lipinski definition) is 3. The fourth-order valence-corrected chi connectivity index (χ4v) is 1.70. The van der Waals surface area contributed by atoms with E-state index in [0.717, 1.165) is 22.8 Å². The Balaban J connectivity index is 2.32. The first-order chi connectivity index (χ1) is 7.20. The molecule has 15 heavy (non-hydrogen) atoms. The van der Waals surface area contributed by atoms with Crippen LogP contribution in [0, 0.1) is 13.8 Å². The molecule has 0 aromatic carbocycles. The smallest absolute Gasteiger partial charge is 0.125 e. The molecule has 0 saturated carbocycles. The lowest BCUT2D eigenvalue weighted by Gasteiger charge is -2.10. The summed E-state index contributed by atoms with van der Waals surface area (Å²) in [5, 5.41) is 3.21. The van der Waals surface area contributed by atoms with Crippen LogP contribution in [-0.2, 0) is 0 Å². The molecule has 2 rings (SSSR count). The van der Waals surface area contributed by atoms with Gasteiger partial charge in [0.1, 0.15) is 17.3 Å². The molecule has 1 unspecified atom stereocenters. The van der Waals surface area contributed by atoms with E-state index in [2.05, 4.69) is 5.32 Å². The monoisotopic (exact) mass is 205 g/mol. The molecule has 2 heterocycles. The molecule has 0 radical (unpaired) electrons. The Morgan fingerprint density at radius 2 is 2.00 bits per heavy atom. The maximum Gasteiger partial charge on any atom is 0.125 e. The van der Waals surface area contributed by atoms with Crippen molar-refractivity contribution in [3.63, 3.8) is 0 Å². The molecule has 2 aromatic heterocycles. The molecule has 0 aliphatic carbocycles. The van der Waals surface area contributed by atoms with Gasteiger partial charge in [-0.25, -0.2) is 0 Å². The van der Waals surface area contributed by atoms with Crippen molar-refractivity contribution in [3.8, 4) is 0 Å². The van der Waals surface area contributed by atoms with Crippen molar-refractivity contribution in [2.75, 3.05) is 7.05 Å². The van der Waals surface area contributed by atoms with Crippen molar-refractivity contribution in [2.24, 2.45) is 0 Å². The highest BCUT2D eigenvalue weighted by Crippen LogP contribution is 2.24. The topological polar surface area (TPSA) is 38.3 Å². The molecular formula is C12H15NO2. The fourth-order valence-electron chi connectivity index (χ4n) is 1.70. The van der Waals surface area contributed by atoms with Gasteiger partial charge in [-0.15, -0.1) is 0 Å². The third-order valence-electron chi connectivity index (χ3n) is 2.42. The van der Waals surface area contributed by atoms with Crippen molar-refractivity contribution in [3.05, 3.63) is 47.3 Å². The molecular weight excluding hydrogens is 190 g/mol. The lowest BCUT2D eigenvalue weighted by Crippen LogP contribution is -2.16. The van der Waals surface area contributed by atoms with Gasteiger partial charge in [0.15, 0.2) is 0 Å². The molecule has 0 fully saturated rings. The number of rotatable bonds is 3. The predicted octanol–water partition coefficient (Wildman–Crippen LogP) is 2.80. The highest BCUT2D eigenvalue weighted by molar-refractivity contribution is 5.25. The van der Waals surface area contributed by atoms with E-state index in [-0.39, 0.29) is 6.04 Å². The van der Waals surface area contributed by atoms with Crippen LogP contribution < -0.4 is 5.32 Å². The lowest BCUT2D eigenvalue weighted by atomic mass is 10.1. The average molecular weight is 205 g/mol. The van der Waals surface area contributed by atoms with Gasteiger partial charge in [-0.2, -0.15) is 0 Å². The Bertz CT molecular complexity index is 402. The largest absolute Gasteiger partial charge is 0.469 e. The third-order valence-corrected chi connectivity index (χ3v) is 2.42. The lowest BCUT2D eigenvalue weighted by molar-refractivity contribution is 0.441. The second-order valence-electron chi connectivity index (χ2n) is 3.66. The van der Waals surface area contributed by atoms with E-state index in [1.54, 1.807) is 6.26 Å². The third kappa shape index (κ3) is 1.97. The van der Waals surface area contributed by atoms with Crippen molar-refractivity contribution < 1.29 is 8.83 Å². The first kappa shape index (κ1) is 10.1. The fraction of sp³-hybridized carbons (Fsp3) is 0.333. The van der Waals surface area contributed by atoms with Gasteiger partial charge in [0.25, 0.3) is 0 Å². The van der Waals surface area contributed by atoms with Gasteiger partial charge >= 0.3 is 0 Å². The minimum atomic E-state index is 0.0659. The number of furan rings is 2. The highest BCUT2D eigenvalue weighted by Gasteiger charge is 2.17. The van der Waals surface area contributed by atoms with Crippen LogP contribution in [0.5, 0.6) is 0 Å². The average Bonchev–Trinajstić information content (AvgIpc) is 2.78. The van der Waals surface area contributed by atoms with Gasteiger partial charge in [0, 0.05) is 5.56 Å². The summed E-state index contributed by atoms with van der Waals surface area (Å²) < 4.78 is 10.9. The van der Waals surface area contributed by atoms with E-state index in [4.69, 9.17) is 8.83 Å². The molecule has 0 aliphatic rings. The van der Waals surface area contributed by atoms with E-state index in [1.807, 2.05) is 39.1 Å². The van der Waals surface area contributed by atoms with Crippen molar-refractivity contribution in [1.82, 2.24) is 5.32 Å². The number of hydrogen-bond donors (Lipinski definition) is 1. The quantitative estimate of drug-likeness (QED) is 0.837. The maximum atomic E-state index is 5.60. The molecule has 0 amide bonds. The highest BCUT2D eigenvalue weighted by atomic mass is 16.3. The molecule has 1 atom stereocenters. The summed E-state index contributed by atoms with van der Waals surface area (Å²) >= 11 is 0. The molecule has 80 valence electrons. The van der Waals surface area contributed by atoms with Gasteiger partial charge < -0.3 is 14.2 Å². The van der Waals surface area contributed by atoms with Crippen LogP contribution in [0.2, 0.25) is 0 Å². The van der Waals surface area contributed by atoms with Crippen LogP contribution in [0.15, 0.2) is 33.3 Å². The van der Waals surface area contributed by atoms with E-state index in [0.29, 0.717) is 0 Å². The molecule has 0 spiro atoms. The summed E-state index contributed by atoms with van der Waals surface area (Å²) in [4.78, 5) is 0. The van der Waals surface area contributed by atoms with Gasteiger partial charge in [0.2, 0.25) is 0 Å². The van der Waals surface area contributed by atoms with E-state index < -0.39 is 0 Å². The second kappa shape index (κ2) is 3.95. The molecule has 1 N–H and O–H groups in total. The minimum Gasteiger partial charge on any atom is -0.469 e. The maximum absolute atomic E-state index is 5.60. The second-order valence-corrected chi connectivity index (χ2v) is 3.66. The summed E-state index contributed by atoms with van der Waals surface area (Å²) in [5.41, 5.74) is 1.09. The van der Waals surface area contributed by atoms with Crippen LogP contribution in [0.4, 0.5) is 0 Å². The first-order valence-corrected chi connectivity index (χ1v) is 4.99. The normalized spacial score (nSPS) is 13.0. The van der Waals surface area contributed by atoms with Crippen LogP contribution in [0.3, 0.4) is 0 Å². The Morgan fingerprint density at radius 3 is 2.47 bits per heavy atom. The Hall–Kier alpha value is -1.48. The molecule has 0 bridgehead atoms. The van der Waals surface area contributed by atoms with Gasteiger partial charge in [-0.3, -0.25) is 0 Å². The summed E-state index contributed by atoms with van der Waals surface area (Å²) in [7, 11) is 1.91. The summed E-state index contributed by atoms with van der Waals surface area (Å²) in [5.74, 6) is 2.75. The first-order valence-electron chi connectivity index (χ1n) is 4.99. The van der Waals surface area contributed by atoms with Gasteiger partial charge in [-0.1, -0.05) is 0 Å². The van der Waals surface area contributed by atoms with E-state index in [1.165, 1.54) is 0 Å². The Morgan fingerprint density at radius 1 is 1.20 bits per heavy atom. The summed E-state index contributed by atoms with van der Waals surface area (Å²) in [6.45, 7) is 3.88. The zero-order valence-electron chi connectivity index (χ0n) is 9.20.